The maximum Gasteiger partial charge on any atom is 0.191 e. The number of hydrogen-bond acceptors (Lipinski definition) is 4. The zero-order valence-electron chi connectivity index (χ0n) is 17.1. The first kappa shape index (κ1) is 22.9. The molecule has 1 aliphatic rings. The molecule has 0 aliphatic carbocycles. The number of benzene rings is 1. The van der Waals surface area contributed by atoms with Crippen LogP contribution < -0.4 is 15.5 Å². The molecule has 1 unspecified atom stereocenters. The van der Waals surface area contributed by atoms with Crippen LogP contribution in [-0.2, 0) is 13.0 Å². The smallest absolute Gasteiger partial charge is 0.191 e. The van der Waals surface area contributed by atoms with Crippen LogP contribution in [0.3, 0.4) is 0 Å². The predicted molar refractivity (Wildman–Crippen MR) is 131 cm³/mol. The second-order valence-electron chi connectivity index (χ2n) is 7.05. The van der Waals surface area contributed by atoms with E-state index >= 15 is 0 Å². The molecule has 154 valence electrons. The van der Waals surface area contributed by atoms with Crippen molar-refractivity contribution < 1.29 is 0 Å². The summed E-state index contributed by atoms with van der Waals surface area (Å²) in [5, 5.41) is 10.3. The van der Waals surface area contributed by atoms with Crippen molar-refractivity contribution in [3.8, 4) is 0 Å². The molecule has 3 rings (SSSR count). The minimum absolute atomic E-state index is 0. The zero-order valence-corrected chi connectivity index (χ0v) is 20.2. The highest BCUT2D eigenvalue weighted by Crippen LogP contribution is 2.20. The van der Waals surface area contributed by atoms with E-state index in [0.717, 1.165) is 37.7 Å². The number of aryl methyl sites for hydroxylation is 2. The lowest BCUT2D eigenvalue weighted by Crippen LogP contribution is -2.51. The molecule has 1 saturated heterocycles. The summed E-state index contributed by atoms with van der Waals surface area (Å²) in [6, 6.07) is 9.24. The molecule has 1 atom stereocenters. The number of nitrogens with zero attached hydrogens (tertiary/aromatic N) is 3. The lowest BCUT2D eigenvalue weighted by atomic mass is 10.0. The van der Waals surface area contributed by atoms with Gasteiger partial charge in [0, 0.05) is 36.7 Å². The van der Waals surface area contributed by atoms with Crippen molar-refractivity contribution in [2.75, 3.05) is 24.5 Å². The molecule has 0 amide bonds. The highest BCUT2D eigenvalue weighted by atomic mass is 127. The van der Waals surface area contributed by atoms with E-state index in [1.807, 2.05) is 0 Å². The largest absolute Gasteiger partial charge is 0.369 e. The summed E-state index contributed by atoms with van der Waals surface area (Å²) >= 11 is 1.72. The van der Waals surface area contributed by atoms with Crippen LogP contribution in [0.2, 0.25) is 0 Å². The molecule has 0 radical (unpaired) electrons. The highest BCUT2D eigenvalue weighted by Gasteiger charge is 2.21. The summed E-state index contributed by atoms with van der Waals surface area (Å²) in [4.78, 5) is 11.8. The molecule has 2 aromatic rings. The minimum atomic E-state index is 0. The molecule has 1 aromatic heterocycles. The summed E-state index contributed by atoms with van der Waals surface area (Å²) < 4.78 is 0. The van der Waals surface area contributed by atoms with E-state index in [9.17, 15) is 0 Å². The third-order valence-electron chi connectivity index (χ3n) is 4.81. The van der Waals surface area contributed by atoms with Gasteiger partial charge in [-0.15, -0.1) is 35.3 Å². The molecular weight excluding hydrogens is 481 g/mol. The van der Waals surface area contributed by atoms with Crippen LogP contribution in [-0.4, -0.2) is 36.6 Å². The number of rotatable bonds is 6. The molecule has 1 fully saturated rings. The first-order valence-corrected chi connectivity index (χ1v) is 10.9. The van der Waals surface area contributed by atoms with Gasteiger partial charge in [0.1, 0.15) is 0 Å². The number of aliphatic imine (C=N–C) groups is 1. The maximum absolute atomic E-state index is 4.75. The van der Waals surface area contributed by atoms with Crippen LogP contribution in [0.15, 0.2) is 34.6 Å². The molecule has 2 N–H and O–H groups in total. The number of halogens is 1. The van der Waals surface area contributed by atoms with E-state index in [1.54, 1.807) is 11.3 Å². The third kappa shape index (κ3) is 6.62. The fraction of sp³-hybridized carbons (Fsp3) is 0.524. The first-order valence-electron chi connectivity index (χ1n) is 9.97. The molecule has 1 aromatic carbocycles. The lowest BCUT2D eigenvalue weighted by molar-refractivity contribution is 0.468. The van der Waals surface area contributed by atoms with Gasteiger partial charge in [-0.2, -0.15) is 0 Å². The standard InChI is InChI=1S/C21H31N5S.HI/c1-4-20-24-18(15-27-20)13-23-21(22-5-2)25-17-7-6-12-26(14-17)19-10-8-16(3)9-11-19;/h8-11,15,17H,4-7,12-14H2,1-3H3,(H2,22,23,25);1H. The topological polar surface area (TPSA) is 52.6 Å². The molecule has 1 aliphatic heterocycles. The van der Waals surface area contributed by atoms with Crippen LogP contribution >= 0.6 is 35.3 Å². The highest BCUT2D eigenvalue weighted by molar-refractivity contribution is 14.0. The molecule has 0 saturated carbocycles. The third-order valence-corrected chi connectivity index (χ3v) is 5.85. The second-order valence-corrected chi connectivity index (χ2v) is 7.99. The van der Waals surface area contributed by atoms with Crippen molar-refractivity contribution in [2.24, 2.45) is 4.99 Å². The summed E-state index contributed by atoms with van der Waals surface area (Å²) in [6.45, 7) is 9.99. The van der Waals surface area contributed by atoms with Gasteiger partial charge in [0.15, 0.2) is 5.96 Å². The second kappa shape index (κ2) is 11.6. The van der Waals surface area contributed by atoms with Crippen LogP contribution in [0.4, 0.5) is 5.69 Å². The summed E-state index contributed by atoms with van der Waals surface area (Å²) in [5.74, 6) is 0.888. The Morgan fingerprint density at radius 1 is 1.29 bits per heavy atom. The monoisotopic (exact) mass is 513 g/mol. The molecule has 0 bridgehead atoms. The Hall–Kier alpha value is -1.35. The Balaban J connectivity index is 0.00000280. The Morgan fingerprint density at radius 2 is 2.07 bits per heavy atom. The summed E-state index contributed by atoms with van der Waals surface area (Å²) in [7, 11) is 0. The number of nitrogens with one attached hydrogen (secondary N) is 2. The normalized spacial score (nSPS) is 17.2. The Kier molecular flexibility index (Phi) is 9.50. The van der Waals surface area contributed by atoms with Crippen LogP contribution in [0, 0.1) is 6.92 Å². The summed E-state index contributed by atoms with van der Waals surface area (Å²) in [6.07, 6.45) is 3.35. The van der Waals surface area contributed by atoms with Gasteiger partial charge in [-0.25, -0.2) is 9.98 Å². The predicted octanol–water partition coefficient (Wildman–Crippen LogP) is 4.36. The van der Waals surface area contributed by atoms with Crippen molar-refractivity contribution in [3.05, 3.63) is 45.9 Å². The van der Waals surface area contributed by atoms with Gasteiger partial charge in [0.05, 0.1) is 17.2 Å². The fourth-order valence-electron chi connectivity index (χ4n) is 3.34. The number of hydrogen-bond donors (Lipinski definition) is 2. The van der Waals surface area contributed by atoms with Crippen LogP contribution in [0.1, 0.15) is 43.0 Å². The minimum Gasteiger partial charge on any atom is -0.369 e. The maximum atomic E-state index is 4.75. The van der Waals surface area contributed by atoms with E-state index in [2.05, 4.69) is 70.9 Å². The Labute approximate surface area is 190 Å². The first-order chi connectivity index (χ1) is 13.2. The molecule has 7 heteroatoms. The Morgan fingerprint density at radius 3 is 2.75 bits per heavy atom. The fourth-order valence-corrected chi connectivity index (χ4v) is 4.08. The van der Waals surface area contributed by atoms with E-state index in [0.29, 0.717) is 12.6 Å². The Bertz CT molecular complexity index is 744. The number of thiazole rings is 1. The van der Waals surface area contributed by atoms with Gasteiger partial charge in [-0.3, -0.25) is 0 Å². The molecule has 0 spiro atoms. The SMILES string of the molecule is CCNC(=NCc1csc(CC)n1)NC1CCCN(c2ccc(C)cc2)C1.I. The van der Waals surface area contributed by atoms with Crippen LogP contribution in [0.25, 0.3) is 0 Å². The van der Waals surface area contributed by atoms with Crippen molar-refractivity contribution in [2.45, 2.75) is 52.6 Å². The zero-order chi connectivity index (χ0) is 19.1. The molecule has 5 nitrogen and oxygen atoms in total. The lowest BCUT2D eigenvalue weighted by Gasteiger charge is -2.35. The summed E-state index contributed by atoms with van der Waals surface area (Å²) in [5.41, 5.74) is 3.67. The molecule has 28 heavy (non-hydrogen) atoms. The average Bonchev–Trinajstić information content (AvgIpc) is 3.15. The number of anilines is 1. The van der Waals surface area contributed by atoms with Gasteiger partial charge in [0.25, 0.3) is 0 Å². The van der Waals surface area contributed by atoms with Crippen LogP contribution in [0.5, 0.6) is 0 Å². The van der Waals surface area contributed by atoms with Gasteiger partial charge < -0.3 is 15.5 Å². The van der Waals surface area contributed by atoms with Crippen molar-refractivity contribution in [1.29, 1.82) is 0 Å². The van der Waals surface area contributed by atoms with E-state index in [1.165, 1.54) is 29.1 Å². The van der Waals surface area contributed by atoms with E-state index in [-0.39, 0.29) is 24.0 Å². The van der Waals surface area contributed by atoms with Gasteiger partial charge >= 0.3 is 0 Å². The van der Waals surface area contributed by atoms with Gasteiger partial charge in [0.2, 0.25) is 0 Å². The number of piperidine rings is 1. The molecular formula is C21H32IN5S. The average molecular weight is 513 g/mol. The van der Waals surface area contributed by atoms with E-state index < -0.39 is 0 Å². The van der Waals surface area contributed by atoms with Crippen molar-refractivity contribution in [1.82, 2.24) is 15.6 Å². The quantitative estimate of drug-likeness (QED) is 0.343. The van der Waals surface area contributed by atoms with Gasteiger partial charge in [-0.05, 0) is 45.2 Å². The van der Waals surface area contributed by atoms with Crippen molar-refractivity contribution >= 4 is 47.0 Å². The number of aromatic nitrogens is 1. The van der Waals surface area contributed by atoms with E-state index in [4.69, 9.17) is 4.99 Å². The number of guanidine groups is 1. The van der Waals surface area contributed by atoms with Crippen molar-refractivity contribution in [3.63, 3.8) is 0 Å². The molecule has 2 heterocycles. The van der Waals surface area contributed by atoms with Gasteiger partial charge in [-0.1, -0.05) is 24.6 Å².